The van der Waals surface area contributed by atoms with Crippen LogP contribution in [0.1, 0.15) is 0 Å². The van der Waals surface area contributed by atoms with Crippen molar-refractivity contribution in [1.29, 1.82) is 0 Å². The average molecular weight is 745 g/mol. The largest absolute Gasteiger partial charge is 0.309 e. The van der Waals surface area contributed by atoms with Gasteiger partial charge in [-0.1, -0.05) is 140 Å². The van der Waals surface area contributed by atoms with Gasteiger partial charge in [-0.15, -0.1) is 11.3 Å². The number of hydrogen-bond donors (Lipinski definition) is 0. The zero-order valence-electron chi connectivity index (χ0n) is 30.7. The van der Waals surface area contributed by atoms with Gasteiger partial charge in [0.15, 0.2) is 0 Å². The quantitative estimate of drug-likeness (QED) is 0.176. The van der Waals surface area contributed by atoms with Crippen LogP contribution < -0.4 is 0 Å². The van der Waals surface area contributed by atoms with Crippen LogP contribution in [0.2, 0.25) is 0 Å². The molecule has 0 spiro atoms. The molecule has 0 aliphatic carbocycles. The molecule has 0 atom stereocenters. The van der Waals surface area contributed by atoms with E-state index in [-0.39, 0.29) is 0 Å². The molecule has 0 fully saturated rings. The minimum atomic E-state index is 0.651. The second kappa shape index (κ2) is 12.6. The number of hydrogen-bond acceptors (Lipinski definition) is 3. The smallest absolute Gasteiger partial charge is 0.235 e. The Hall–Kier alpha value is -7.34. The van der Waals surface area contributed by atoms with Gasteiger partial charge in [0.2, 0.25) is 5.95 Å². The molecule has 4 nitrogen and oxygen atoms in total. The first-order chi connectivity index (χ1) is 28.3. The molecule has 12 aromatic rings. The van der Waals surface area contributed by atoms with Crippen molar-refractivity contribution in [3.05, 3.63) is 194 Å². The van der Waals surface area contributed by atoms with E-state index in [9.17, 15) is 0 Å². The van der Waals surface area contributed by atoms with Gasteiger partial charge in [0, 0.05) is 58.5 Å². The second-order valence-electron chi connectivity index (χ2n) is 14.6. The van der Waals surface area contributed by atoms with E-state index in [0.29, 0.717) is 5.95 Å². The molecular formula is C52H32N4S. The summed E-state index contributed by atoms with van der Waals surface area (Å²) >= 11 is 1.89. The van der Waals surface area contributed by atoms with E-state index in [2.05, 4.69) is 191 Å². The summed E-state index contributed by atoms with van der Waals surface area (Å²) in [5.41, 5.74) is 11.9. The average Bonchev–Trinajstić information content (AvgIpc) is 3.94. The van der Waals surface area contributed by atoms with Crippen molar-refractivity contribution >= 4 is 75.1 Å². The van der Waals surface area contributed by atoms with Crippen molar-refractivity contribution in [2.45, 2.75) is 0 Å². The molecule has 5 heteroatoms. The lowest BCUT2D eigenvalue weighted by molar-refractivity contribution is 0.995. The first-order valence-electron chi connectivity index (χ1n) is 19.2. The topological polar surface area (TPSA) is 35.6 Å². The molecule has 4 heterocycles. The van der Waals surface area contributed by atoms with Gasteiger partial charge in [-0.2, -0.15) is 0 Å². The summed E-state index contributed by atoms with van der Waals surface area (Å²) in [6, 6.07) is 69.4. The van der Waals surface area contributed by atoms with Gasteiger partial charge in [0.25, 0.3) is 0 Å². The van der Waals surface area contributed by atoms with Gasteiger partial charge in [0.05, 0.1) is 33.5 Å². The summed E-state index contributed by atoms with van der Waals surface area (Å²) in [5, 5.41) is 7.58. The highest BCUT2D eigenvalue weighted by atomic mass is 32.1. The summed E-state index contributed by atoms with van der Waals surface area (Å²) < 4.78 is 7.31. The standard InChI is InChI=1S/C52H32N4S/c1-3-13-34(14-4-1)43-32-44(35-15-5-2-6-16-35)54-52(53-43)56-45-20-10-7-17-38(45)42-31-36(25-29-47(42)56)33-23-26-37(27-24-33)55-46-21-11-8-19-41(46)50-48(55)30-28-40-39-18-9-12-22-49(39)57-51(40)50/h1-32H. The molecule has 0 saturated carbocycles. The first kappa shape index (κ1) is 32.0. The Balaban J connectivity index is 0.992. The lowest BCUT2D eigenvalue weighted by Crippen LogP contribution is -2.03. The molecule has 0 saturated heterocycles. The van der Waals surface area contributed by atoms with Crippen LogP contribution in [0.25, 0.3) is 109 Å². The van der Waals surface area contributed by atoms with Crippen LogP contribution in [-0.2, 0) is 0 Å². The van der Waals surface area contributed by atoms with E-state index < -0.39 is 0 Å². The maximum absolute atomic E-state index is 5.21. The molecular weight excluding hydrogens is 713 g/mol. The monoisotopic (exact) mass is 744 g/mol. The summed E-state index contributed by atoms with van der Waals surface area (Å²) in [6.45, 7) is 0. The fourth-order valence-electron chi connectivity index (χ4n) is 8.73. The zero-order chi connectivity index (χ0) is 37.5. The molecule has 0 N–H and O–H groups in total. The number of rotatable bonds is 5. The van der Waals surface area contributed by atoms with Crippen LogP contribution in [0.5, 0.6) is 0 Å². The normalized spacial score (nSPS) is 11.9. The molecule has 4 aromatic heterocycles. The highest BCUT2D eigenvalue weighted by molar-refractivity contribution is 7.26. The number of benzene rings is 8. The Morgan fingerprint density at radius 1 is 0.351 bits per heavy atom. The Labute approximate surface area is 332 Å². The minimum absolute atomic E-state index is 0.651. The van der Waals surface area contributed by atoms with E-state index >= 15 is 0 Å². The lowest BCUT2D eigenvalue weighted by Gasteiger charge is -2.12. The highest BCUT2D eigenvalue weighted by Gasteiger charge is 2.19. The minimum Gasteiger partial charge on any atom is -0.309 e. The van der Waals surface area contributed by atoms with Crippen molar-refractivity contribution in [3.8, 4) is 45.3 Å². The van der Waals surface area contributed by atoms with Crippen LogP contribution in [0.3, 0.4) is 0 Å². The summed E-state index contributed by atoms with van der Waals surface area (Å²) in [4.78, 5) is 10.4. The summed E-state index contributed by atoms with van der Waals surface area (Å²) in [7, 11) is 0. The van der Waals surface area contributed by atoms with Crippen LogP contribution in [-0.4, -0.2) is 19.1 Å². The Morgan fingerprint density at radius 3 is 1.63 bits per heavy atom. The maximum atomic E-state index is 5.21. The predicted molar refractivity (Wildman–Crippen MR) is 240 cm³/mol. The molecule has 266 valence electrons. The number of aromatic nitrogens is 4. The summed E-state index contributed by atoms with van der Waals surface area (Å²) in [6.07, 6.45) is 0. The van der Waals surface area contributed by atoms with Crippen LogP contribution in [0, 0.1) is 0 Å². The molecule has 0 aliphatic rings. The van der Waals surface area contributed by atoms with Crippen molar-refractivity contribution in [2.24, 2.45) is 0 Å². The van der Waals surface area contributed by atoms with Gasteiger partial charge in [-0.3, -0.25) is 4.57 Å². The van der Waals surface area contributed by atoms with Crippen molar-refractivity contribution < 1.29 is 0 Å². The zero-order valence-corrected chi connectivity index (χ0v) is 31.5. The summed E-state index contributed by atoms with van der Waals surface area (Å²) in [5.74, 6) is 0.651. The molecule has 57 heavy (non-hydrogen) atoms. The first-order valence-corrected chi connectivity index (χ1v) is 20.1. The number of fused-ring (bicyclic) bond motifs is 10. The van der Waals surface area contributed by atoms with Crippen molar-refractivity contribution in [3.63, 3.8) is 0 Å². The third-order valence-corrected chi connectivity index (χ3v) is 12.6. The molecule has 0 amide bonds. The van der Waals surface area contributed by atoms with Crippen LogP contribution in [0.15, 0.2) is 194 Å². The van der Waals surface area contributed by atoms with Gasteiger partial charge in [-0.25, -0.2) is 9.97 Å². The predicted octanol–water partition coefficient (Wildman–Crippen LogP) is 14.0. The van der Waals surface area contributed by atoms with Gasteiger partial charge < -0.3 is 4.57 Å². The molecule has 0 aliphatic heterocycles. The van der Waals surface area contributed by atoms with E-state index in [1.807, 2.05) is 23.5 Å². The third kappa shape index (κ3) is 4.99. The van der Waals surface area contributed by atoms with E-state index in [0.717, 1.165) is 50.2 Å². The third-order valence-electron chi connectivity index (χ3n) is 11.4. The van der Waals surface area contributed by atoms with Crippen molar-refractivity contribution in [2.75, 3.05) is 0 Å². The van der Waals surface area contributed by atoms with E-state index in [1.165, 1.54) is 52.9 Å². The molecule has 0 unspecified atom stereocenters. The fourth-order valence-corrected chi connectivity index (χ4v) is 9.99. The molecule has 12 rings (SSSR count). The van der Waals surface area contributed by atoms with Gasteiger partial charge >= 0.3 is 0 Å². The van der Waals surface area contributed by atoms with Gasteiger partial charge in [-0.05, 0) is 65.7 Å². The fraction of sp³-hybridized carbons (Fsp3) is 0. The second-order valence-corrected chi connectivity index (χ2v) is 15.6. The Bertz CT molecular complexity index is 3450. The lowest BCUT2D eigenvalue weighted by atomic mass is 10.0. The molecule has 0 bridgehead atoms. The van der Waals surface area contributed by atoms with Crippen LogP contribution >= 0.6 is 11.3 Å². The maximum Gasteiger partial charge on any atom is 0.235 e. The molecule has 8 aromatic carbocycles. The van der Waals surface area contributed by atoms with E-state index in [1.54, 1.807) is 0 Å². The number of nitrogens with zero attached hydrogens (tertiary/aromatic N) is 4. The number of para-hydroxylation sites is 2. The highest BCUT2D eigenvalue weighted by Crippen LogP contribution is 2.43. The Morgan fingerprint density at radius 2 is 0.912 bits per heavy atom. The molecule has 0 radical (unpaired) electrons. The SMILES string of the molecule is c1ccc(-c2cc(-c3ccccc3)nc(-n3c4ccccc4c4cc(-c5ccc(-n6c7ccccc7c7c8sc9ccccc9c8ccc76)cc5)ccc43)n2)cc1. The van der Waals surface area contributed by atoms with Crippen molar-refractivity contribution in [1.82, 2.24) is 19.1 Å². The van der Waals surface area contributed by atoms with Gasteiger partial charge in [0.1, 0.15) is 0 Å². The Kier molecular flexibility index (Phi) is 7.06. The number of thiophene rings is 1. The van der Waals surface area contributed by atoms with E-state index in [4.69, 9.17) is 9.97 Å². The van der Waals surface area contributed by atoms with Crippen LogP contribution in [0.4, 0.5) is 0 Å².